The van der Waals surface area contributed by atoms with Crippen LogP contribution in [0.3, 0.4) is 0 Å². The monoisotopic (exact) mass is 397 g/mol. The van der Waals surface area contributed by atoms with Crippen LogP contribution in [0.1, 0.15) is 22.5 Å². The molecule has 1 aromatic carbocycles. The molecule has 0 bridgehead atoms. The van der Waals surface area contributed by atoms with Crippen LogP contribution in [0.5, 0.6) is 17.2 Å². The number of fused-ring (bicyclic) bond motifs is 1. The summed E-state index contributed by atoms with van der Waals surface area (Å²) in [5.74, 6) is 1.32. The number of carbonyl (C=O) groups excluding carboxylic acids is 1. The van der Waals surface area contributed by atoms with Gasteiger partial charge in [-0.25, -0.2) is 4.98 Å². The average Bonchev–Trinajstić information content (AvgIpc) is 3.36. The van der Waals surface area contributed by atoms with Crippen molar-refractivity contribution in [3.05, 3.63) is 54.1 Å². The van der Waals surface area contributed by atoms with Gasteiger partial charge in [-0.15, -0.1) is 0 Å². The number of hydrogen-bond donors (Lipinski definition) is 1. The van der Waals surface area contributed by atoms with Gasteiger partial charge in [0.25, 0.3) is 0 Å². The molecule has 8 nitrogen and oxygen atoms in total. The lowest BCUT2D eigenvalue weighted by atomic mass is 10.2. The summed E-state index contributed by atoms with van der Waals surface area (Å²) in [6.45, 7) is 4.29. The first-order valence-electron chi connectivity index (χ1n) is 9.47. The van der Waals surface area contributed by atoms with E-state index in [-0.39, 0.29) is 6.10 Å². The lowest BCUT2D eigenvalue weighted by molar-refractivity contribution is 0.0265. The highest BCUT2D eigenvalue weighted by molar-refractivity contribution is 5.93. The minimum atomic E-state index is -0.529. The molecular weight excluding hydrogens is 374 g/mol. The second kappa shape index (κ2) is 8.50. The van der Waals surface area contributed by atoms with Crippen molar-refractivity contribution in [2.24, 2.45) is 5.73 Å². The molecule has 4 rings (SSSR count). The van der Waals surface area contributed by atoms with Crippen LogP contribution >= 0.6 is 0 Å². The first-order chi connectivity index (χ1) is 14.1. The topological polar surface area (TPSA) is 97.3 Å². The van der Waals surface area contributed by atoms with Crippen LogP contribution in [0, 0.1) is 6.92 Å². The lowest BCUT2D eigenvalue weighted by Gasteiger charge is -2.12. The summed E-state index contributed by atoms with van der Waals surface area (Å²) in [6, 6.07) is 8.89. The van der Waals surface area contributed by atoms with Gasteiger partial charge in [0.1, 0.15) is 23.6 Å². The molecular formula is C21H23N3O5. The summed E-state index contributed by atoms with van der Waals surface area (Å²) in [5.41, 5.74) is 7.35. The van der Waals surface area contributed by atoms with E-state index in [0.29, 0.717) is 36.9 Å². The third kappa shape index (κ3) is 4.49. The fourth-order valence-electron chi connectivity index (χ4n) is 3.22. The Morgan fingerprint density at radius 2 is 2.07 bits per heavy atom. The van der Waals surface area contributed by atoms with Crippen molar-refractivity contribution in [1.82, 2.24) is 9.38 Å². The summed E-state index contributed by atoms with van der Waals surface area (Å²) in [4.78, 5) is 15.9. The van der Waals surface area contributed by atoms with Crippen LogP contribution in [0.25, 0.3) is 5.52 Å². The van der Waals surface area contributed by atoms with Gasteiger partial charge in [-0.3, -0.25) is 4.79 Å². The Balaban J connectivity index is 1.40. The molecule has 1 atom stereocenters. The molecule has 2 N–H and O–H groups in total. The number of pyridine rings is 1. The molecule has 2 aromatic heterocycles. The molecule has 1 amide bonds. The van der Waals surface area contributed by atoms with Gasteiger partial charge in [0.15, 0.2) is 5.75 Å². The smallest absolute Gasteiger partial charge is 0.250 e. The number of primary amides is 1. The average molecular weight is 397 g/mol. The summed E-state index contributed by atoms with van der Waals surface area (Å²) < 4.78 is 24.4. The van der Waals surface area contributed by atoms with E-state index in [4.69, 9.17) is 24.7 Å². The first-order valence-corrected chi connectivity index (χ1v) is 9.47. The van der Waals surface area contributed by atoms with E-state index >= 15 is 0 Å². The van der Waals surface area contributed by atoms with E-state index in [2.05, 4.69) is 4.98 Å². The Bertz CT molecular complexity index is 993. The van der Waals surface area contributed by atoms with Gasteiger partial charge in [-0.2, -0.15) is 0 Å². The first kappa shape index (κ1) is 19.2. The van der Waals surface area contributed by atoms with Gasteiger partial charge in [-0.1, -0.05) is 0 Å². The number of hydrogen-bond acceptors (Lipinski definition) is 6. The molecule has 1 fully saturated rings. The van der Waals surface area contributed by atoms with Gasteiger partial charge in [0.2, 0.25) is 5.91 Å². The number of benzene rings is 1. The van der Waals surface area contributed by atoms with Crippen molar-refractivity contribution >= 4 is 11.4 Å². The predicted octanol–water partition coefficient (Wildman–Crippen LogP) is 2.72. The molecule has 0 radical (unpaired) electrons. The molecule has 3 aromatic rings. The number of carbonyl (C=O) groups is 1. The molecule has 1 aliphatic rings. The molecule has 29 heavy (non-hydrogen) atoms. The number of ether oxygens (including phenoxy) is 4. The molecule has 3 heterocycles. The van der Waals surface area contributed by atoms with Gasteiger partial charge in [0.05, 0.1) is 36.9 Å². The van der Waals surface area contributed by atoms with Crippen molar-refractivity contribution in [2.45, 2.75) is 19.4 Å². The van der Waals surface area contributed by atoms with Crippen LogP contribution in [-0.2, 0) is 9.47 Å². The predicted molar refractivity (Wildman–Crippen MR) is 106 cm³/mol. The minimum absolute atomic E-state index is 0.175. The second-order valence-corrected chi connectivity index (χ2v) is 6.82. The van der Waals surface area contributed by atoms with E-state index in [1.54, 1.807) is 35.1 Å². The zero-order valence-corrected chi connectivity index (χ0v) is 16.2. The van der Waals surface area contributed by atoms with Gasteiger partial charge in [0, 0.05) is 12.8 Å². The Labute approximate surface area is 168 Å². The molecule has 0 saturated carbocycles. The fraction of sp³-hybridized carbons (Fsp3) is 0.333. The van der Waals surface area contributed by atoms with Crippen molar-refractivity contribution in [3.63, 3.8) is 0 Å². The number of aromatic nitrogens is 2. The molecule has 0 spiro atoms. The van der Waals surface area contributed by atoms with E-state index < -0.39 is 5.91 Å². The minimum Gasteiger partial charge on any atom is -0.491 e. The van der Waals surface area contributed by atoms with E-state index in [0.717, 1.165) is 30.0 Å². The Morgan fingerprint density at radius 1 is 1.28 bits per heavy atom. The molecule has 1 aliphatic heterocycles. The van der Waals surface area contributed by atoms with E-state index in [9.17, 15) is 4.79 Å². The van der Waals surface area contributed by atoms with Crippen LogP contribution in [0.4, 0.5) is 0 Å². The summed E-state index contributed by atoms with van der Waals surface area (Å²) in [5, 5.41) is 0. The third-order valence-corrected chi connectivity index (χ3v) is 4.70. The van der Waals surface area contributed by atoms with Crippen molar-refractivity contribution in [1.29, 1.82) is 0 Å². The third-order valence-electron chi connectivity index (χ3n) is 4.70. The molecule has 0 aliphatic carbocycles. The largest absolute Gasteiger partial charge is 0.491 e. The van der Waals surface area contributed by atoms with E-state index in [1.807, 2.05) is 19.1 Å². The maximum Gasteiger partial charge on any atom is 0.250 e. The lowest BCUT2D eigenvalue weighted by Crippen LogP contribution is -2.16. The molecule has 1 saturated heterocycles. The molecule has 8 heteroatoms. The van der Waals surface area contributed by atoms with E-state index in [1.165, 1.54) is 0 Å². The maximum atomic E-state index is 11.6. The number of imidazole rings is 1. The van der Waals surface area contributed by atoms with Crippen LogP contribution in [0.15, 0.2) is 42.9 Å². The van der Waals surface area contributed by atoms with Gasteiger partial charge >= 0.3 is 0 Å². The quantitative estimate of drug-likeness (QED) is 0.587. The number of rotatable bonds is 8. The Hall–Kier alpha value is -3.10. The standard InChI is InChI=1S/C21H23N3O5/c1-14-20-19(10-15(21(22)25)11-24(20)13-23-14)29-17-4-2-16(3-5-17)27-8-9-28-18-6-7-26-12-18/h2-5,10-11,13,18H,6-9,12H2,1H3,(H2,22,25). The van der Waals surface area contributed by atoms with Crippen molar-refractivity contribution in [3.8, 4) is 17.2 Å². The van der Waals surface area contributed by atoms with Crippen molar-refractivity contribution in [2.75, 3.05) is 26.4 Å². The summed E-state index contributed by atoms with van der Waals surface area (Å²) in [7, 11) is 0. The van der Waals surface area contributed by atoms with Crippen LogP contribution in [-0.4, -0.2) is 47.8 Å². The highest BCUT2D eigenvalue weighted by Crippen LogP contribution is 2.30. The highest BCUT2D eigenvalue weighted by Gasteiger charge is 2.16. The zero-order valence-electron chi connectivity index (χ0n) is 16.2. The summed E-state index contributed by atoms with van der Waals surface area (Å²) >= 11 is 0. The fourth-order valence-corrected chi connectivity index (χ4v) is 3.22. The Kier molecular flexibility index (Phi) is 5.64. The number of nitrogens with zero attached hydrogens (tertiary/aromatic N) is 2. The van der Waals surface area contributed by atoms with Crippen LogP contribution < -0.4 is 15.2 Å². The zero-order chi connectivity index (χ0) is 20.2. The SMILES string of the molecule is Cc1ncn2cc(C(N)=O)cc(Oc3ccc(OCCOC4CCOC4)cc3)c12. The Morgan fingerprint density at radius 3 is 2.79 bits per heavy atom. The van der Waals surface area contributed by atoms with Gasteiger partial charge < -0.3 is 29.1 Å². The number of aryl methyl sites for hydroxylation is 1. The number of amides is 1. The molecule has 1 unspecified atom stereocenters. The molecule has 152 valence electrons. The van der Waals surface area contributed by atoms with Crippen molar-refractivity contribution < 1.29 is 23.7 Å². The second-order valence-electron chi connectivity index (χ2n) is 6.82. The maximum absolute atomic E-state index is 11.6. The highest BCUT2D eigenvalue weighted by atomic mass is 16.6. The normalized spacial score (nSPS) is 16.2. The summed E-state index contributed by atoms with van der Waals surface area (Å²) in [6.07, 6.45) is 4.38. The number of nitrogens with two attached hydrogens (primary N) is 1. The van der Waals surface area contributed by atoms with Crippen LogP contribution in [0.2, 0.25) is 0 Å². The van der Waals surface area contributed by atoms with Gasteiger partial charge in [-0.05, 0) is 43.7 Å².